The Bertz CT molecular complexity index is 834. The van der Waals surface area contributed by atoms with Crippen molar-refractivity contribution < 1.29 is 23.9 Å². The van der Waals surface area contributed by atoms with Gasteiger partial charge >= 0.3 is 0 Å². The lowest BCUT2D eigenvalue weighted by Gasteiger charge is -2.27. The van der Waals surface area contributed by atoms with Crippen molar-refractivity contribution in [1.29, 1.82) is 0 Å². The molecule has 3 aliphatic heterocycles. The fourth-order valence-electron chi connectivity index (χ4n) is 3.67. The van der Waals surface area contributed by atoms with Crippen LogP contribution in [-0.2, 0) is 16.1 Å². The molecular formula is C18H19N3O5. The van der Waals surface area contributed by atoms with Gasteiger partial charge in [-0.05, 0) is 25.1 Å². The summed E-state index contributed by atoms with van der Waals surface area (Å²) in [4.78, 5) is 52.3. The van der Waals surface area contributed by atoms with Crippen molar-refractivity contribution in [2.45, 2.75) is 32.4 Å². The number of imide groups is 2. The molecule has 1 N–H and O–H groups in total. The van der Waals surface area contributed by atoms with Crippen LogP contribution in [-0.4, -0.2) is 59.2 Å². The van der Waals surface area contributed by atoms with E-state index >= 15 is 0 Å². The van der Waals surface area contributed by atoms with E-state index in [9.17, 15) is 19.2 Å². The third kappa shape index (κ3) is 2.57. The van der Waals surface area contributed by atoms with Crippen LogP contribution < -0.4 is 10.1 Å². The van der Waals surface area contributed by atoms with Gasteiger partial charge in [0.2, 0.25) is 11.8 Å². The average molecular weight is 357 g/mol. The quantitative estimate of drug-likeness (QED) is 0.765. The van der Waals surface area contributed by atoms with Gasteiger partial charge < -0.3 is 4.74 Å². The molecule has 26 heavy (non-hydrogen) atoms. The van der Waals surface area contributed by atoms with E-state index in [1.54, 1.807) is 12.1 Å². The molecule has 3 heterocycles. The number of ether oxygens (including phenoxy) is 1. The smallest absolute Gasteiger partial charge is 0.262 e. The Labute approximate surface area is 150 Å². The first-order valence-electron chi connectivity index (χ1n) is 8.73. The first-order chi connectivity index (χ1) is 12.5. The molecule has 4 rings (SSSR count). The molecule has 8 nitrogen and oxygen atoms in total. The van der Waals surface area contributed by atoms with E-state index in [2.05, 4.69) is 17.1 Å². The largest absolute Gasteiger partial charge is 0.492 e. The number of nitrogens with one attached hydrogen (secondary N) is 1. The summed E-state index contributed by atoms with van der Waals surface area (Å²) in [6, 6.07) is 2.36. The third-order valence-corrected chi connectivity index (χ3v) is 5.13. The van der Waals surface area contributed by atoms with Gasteiger partial charge in [0.25, 0.3) is 11.8 Å². The van der Waals surface area contributed by atoms with E-state index in [1.165, 1.54) is 0 Å². The molecule has 3 aliphatic rings. The van der Waals surface area contributed by atoms with Crippen molar-refractivity contribution in [3.8, 4) is 5.75 Å². The van der Waals surface area contributed by atoms with Crippen LogP contribution in [0.4, 0.5) is 0 Å². The number of rotatable bonds is 2. The number of hydrogen-bond donors (Lipinski definition) is 1. The number of hydrogen-bond acceptors (Lipinski definition) is 6. The third-order valence-electron chi connectivity index (χ3n) is 5.13. The minimum atomic E-state index is -0.951. The van der Waals surface area contributed by atoms with Gasteiger partial charge in [0.05, 0.1) is 11.1 Å². The van der Waals surface area contributed by atoms with Crippen LogP contribution in [0.5, 0.6) is 5.75 Å². The maximum Gasteiger partial charge on any atom is 0.262 e. The zero-order valence-corrected chi connectivity index (χ0v) is 14.4. The molecule has 1 atom stereocenters. The summed E-state index contributed by atoms with van der Waals surface area (Å²) in [5, 5.41) is 2.20. The average Bonchev–Trinajstić information content (AvgIpc) is 2.77. The summed E-state index contributed by atoms with van der Waals surface area (Å²) >= 11 is 0. The molecule has 0 aliphatic carbocycles. The van der Waals surface area contributed by atoms with Gasteiger partial charge in [-0.15, -0.1) is 0 Å². The maximum atomic E-state index is 12.8. The number of likely N-dealkylation sites (N-methyl/N-ethyl adjacent to an activating group) is 1. The monoisotopic (exact) mass is 357 g/mol. The van der Waals surface area contributed by atoms with E-state index in [1.807, 2.05) is 0 Å². The molecule has 4 amide bonds. The highest BCUT2D eigenvalue weighted by Gasteiger charge is 2.45. The van der Waals surface area contributed by atoms with Gasteiger partial charge in [0, 0.05) is 25.1 Å². The van der Waals surface area contributed by atoms with Crippen molar-refractivity contribution >= 4 is 23.6 Å². The number of fused-ring (bicyclic) bond motifs is 2. The fourth-order valence-corrected chi connectivity index (χ4v) is 3.67. The lowest BCUT2D eigenvalue weighted by Crippen LogP contribution is -2.54. The Morgan fingerprint density at radius 2 is 1.88 bits per heavy atom. The molecule has 1 unspecified atom stereocenters. The highest BCUT2D eigenvalue weighted by molar-refractivity contribution is 6.23. The molecule has 0 saturated carbocycles. The van der Waals surface area contributed by atoms with Gasteiger partial charge in [-0.25, -0.2) is 0 Å². The molecule has 1 fully saturated rings. The van der Waals surface area contributed by atoms with Crippen LogP contribution in [0.25, 0.3) is 0 Å². The van der Waals surface area contributed by atoms with Crippen LogP contribution in [0.1, 0.15) is 46.0 Å². The molecule has 1 saturated heterocycles. The van der Waals surface area contributed by atoms with Crippen LogP contribution >= 0.6 is 0 Å². The van der Waals surface area contributed by atoms with Gasteiger partial charge in [0.1, 0.15) is 18.4 Å². The second-order valence-corrected chi connectivity index (χ2v) is 6.67. The van der Waals surface area contributed by atoms with E-state index in [0.717, 1.165) is 23.6 Å². The predicted octanol–water partition coefficient (Wildman–Crippen LogP) is 0.302. The number of carbonyl (C=O) groups is 4. The summed E-state index contributed by atoms with van der Waals surface area (Å²) in [6.45, 7) is 4.84. The Balaban J connectivity index is 1.69. The molecule has 136 valence electrons. The van der Waals surface area contributed by atoms with Gasteiger partial charge in [-0.1, -0.05) is 6.92 Å². The van der Waals surface area contributed by atoms with Gasteiger partial charge in [-0.2, -0.15) is 0 Å². The molecular weight excluding hydrogens is 338 g/mol. The number of piperidine rings is 1. The SMILES string of the molecule is CCN1CCOc2cc3c(cc2C1)C(=O)N(C1CCC(=O)NC1=O)C3=O. The zero-order valence-electron chi connectivity index (χ0n) is 14.4. The second kappa shape index (κ2) is 6.21. The Morgan fingerprint density at radius 3 is 2.58 bits per heavy atom. The summed E-state index contributed by atoms with van der Waals surface area (Å²) in [7, 11) is 0. The van der Waals surface area contributed by atoms with Crippen LogP contribution in [0, 0.1) is 0 Å². The van der Waals surface area contributed by atoms with Crippen molar-refractivity contribution in [1.82, 2.24) is 15.1 Å². The minimum absolute atomic E-state index is 0.106. The minimum Gasteiger partial charge on any atom is -0.492 e. The summed E-state index contributed by atoms with van der Waals surface area (Å²) in [5.41, 5.74) is 1.40. The van der Waals surface area contributed by atoms with Crippen LogP contribution in [0.2, 0.25) is 0 Å². The first-order valence-corrected chi connectivity index (χ1v) is 8.73. The zero-order chi connectivity index (χ0) is 18.4. The van der Waals surface area contributed by atoms with E-state index in [-0.39, 0.29) is 24.3 Å². The molecule has 0 bridgehead atoms. The Kier molecular flexibility index (Phi) is 3.99. The molecule has 8 heteroatoms. The molecule has 1 aromatic rings. The lowest BCUT2D eigenvalue weighted by atomic mass is 10.0. The fraction of sp³-hybridized carbons (Fsp3) is 0.444. The van der Waals surface area contributed by atoms with Gasteiger partial charge in [0.15, 0.2) is 0 Å². The van der Waals surface area contributed by atoms with Gasteiger partial charge in [-0.3, -0.25) is 34.3 Å². The predicted molar refractivity (Wildman–Crippen MR) is 89.6 cm³/mol. The van der Waals surface area contributed by atoms with Crippen molar-refractivity contribution in [3.05, 3.63) is 28.8 Å². The highest BCUT2D eigenvalue weighted by atomic mass is 16.5. The number of carbonyl (C=O) groups excluding carboxylic acids is 4. The summed E-state index contributed by atoms with van der Waals surface area (Å²) in [6.07, 6.45) is 0.255. The molecule has 0 radical (unpaired) electrons. The topological polar surface area (TPSA) is 96.0 Å². The Hall–Kier alpha value is -2.74. The standard InChI is InChI=1S/C18H19N3O5/c1-2-20-5-6-26-14-8-12-11(7-10(14)9-20)17(24)21(18(12)25)13-3-4-15(22)19-16(13)23/h7-8,13H,2-6,9H2,1H3,(H,19,22,23). The van der Waals surface area contributed by atoms with E-state index in [0.29, 0.717) is 24.5 Å². The number of benzene rings is 1. The maximum absolute atomic E-state index is 12.8. The number of nitrogens with zero attached hydrogens (tertiary/aromatic N) is 2. The Morgan fingerprint density at radius 1 is 1.15 bits per heavy atom. The molecule has 0 spiro atoms. The van der Waals surface area contributed by atoms with Crippen molar-refractivity contribution in [2.75, 3.05) is 19.7 Å². The van der Waals surface area contributed by atoms with Crippen molar-refractivity contribution in [3.63, 3.8) is 0 Å². The molecule has 0 aromatic heterocycles. The van der Waals surface area contributed by atoms with Crippen LogP contribution in [0.3, 0.4) is 0 Å². The second-order valence-electron chi connectivity index (χ2n) is 6.67. The van der Waals surface area contributed by atoms with E-state index < -0.39 is 23.8 Å². The lowest BCUT2D eigenvalue weighted by molar-refractivity contribution is -0.136. The van der Waals surface area contributed by atoms with Crippen molar-refractivity contribution in [2.24, 2.45) is 0 Å². The number of amides is 4. The van der Waals surface area contributed by atoms with E-state index in [4.69, 9.17) is 4.74 Å². The highest BCUT2D eigenvalue weighted by Crippen LogP contribution is 2.34. The first kappa shape index (κ1) is 16.7. The molecule has 1 aromatic carbocycles. The normalized spacial score (nSPS) is 23.3. The summed E-state index contributed by atoms with van der Waals surface area (Å²) < 4.78 is 5.76. The summed E-state index contributed by atoms with van der Waals surface area (Å²) in [5.74, 6) is -1.39. The van der Waals surface area contributed by atoms with Crippen LogP contribution in [0.15, 0.2) is 12.1 Å².